The van der Waals surface area contributed by atoms with Crippen LogP contribution >= 0.6 is 0 Å². The summed E-state index contributed by atoms with van der Waals surface area (Å²) in [7, 11) is 0. The van der Waals surface area contributed by atoms with Gasteiger partial charge in [0.25, 0.3) is 0 Å². The molecule has 2 aliphatic rings. The first-order valence-corrected chi connectivity index (χ1v) is 7.04. The molecule has 3 rings (SSSR count). The average Bonchev–Trinajstić information content (AvgIpc) is 2.46. The van der Waals surface area contributed by atoms with Crippen LogP contribution in [0.4, 0.5) is 0 Å². The van der Waals surface area contributed by atoms with E-state index in [0.717, 1.165) is 50.1 Å². The van der Waals surface area contributed by atoms with Crippen molar-refractivity contribution in [2.24, 2.45) is 11.7 Å². The van der Waals surface area contributed by atoms with Gasteiger partial charge in [-0.25, -0.2) is 0 Å². The fourth-order valence-corrected chi connectivity index (χ4v) is 3.18. The van der Waals surface area contributed by atoms with Gasteiger partial charge in [0, 0.05) is 11.6 Å². The number of amides is 1. The highest BCUT2D eigenvalue weighted by atomic mass is 16.5. The molecule has 0 bridgehead atoms. The molecule has 1 saturated heterocycles. The summed E-state index contributed by atoms with van der Waals surface area (Å²) >= 11 is 0. The number of piperidine rings is 1. The third-order valence-electron chi connectivity index (χ3n) is 4.12. The van der Waals surface area contributed by atoms with Crippen LogP contribution in [-0.2, 0) is 11.2 Å². The molecule has 2 aliphatic heterocycles. The quantitative estimate of drug-likeness (QED) is 0.847. The van der Waals surface area contributed by atoms with Gasteiger partial charge in [-0.3, -0.25) is 4.79 Å². The maximum Gasteiger partial charge on any atom is 0.222 e. The average molecular weight is 260 g/mol. The standard InChI is InChI=1S/C15H20N2O2/c16-15(18)12-7-2-8-17-13(12)11-6-1-4-10-5-3-9-19-14(10)11/h1,4,6,12-13,17H,2-3,5,7-9H2,(H2,16,18). The van der Waals surface area contributed by atoms with Gasteiger partial charge in [0.15, 0.2) is 0 Å². The molecule has 0 radical (unpaired) electrons. The molecule has 4 nitrogen and oxygen atoms in total. The first kappa shape index (κ1) is 12.5. The Kier molecular flexibility index (Phi) is 3.42. The van der Waals surface area contributed by atoms with Gasteiger partial charge in [0.2, 0.25) is 5.91 Å². The van der Waals surface area contributed by atoms with Crippen molar-refractivity contribution in [3.05, 3.63) is 29.3 Å². The monoisotopic (exact) mass is 260 g/mol. The summed E-state index contributed by atoms with van der Waals surface area (Å²) in [5.74, 6) is 0.621. The lowest BCUT2D eigenvalue weighted by atomic mass is 9.84. The molecule has 1 fully saturated rings. The number of benzene rings is 1. The molecular formula is C15H20N2O2. The molecule has 1 aromatic rings. The second-order valence-electron chi connectivity index (χ2n) is 5.37. The first-order chi connectivity index (χ1) is 9.27. The number of nitrogens with one attached hydrogen (secondary N) is 1. The third-order valence-corrected chi connectivity index (χ3v) is 4.12. The number of hydrogen-bond donors (Lipinski definition) is 2. The minimum absolute atomic E-state index is 0.000648. The highest BCUT2D eigenvalue weighted by Crippen LogP contribution is 2.38. The summed E-state index contributed by atoms with van der Waals surface area (Å²) < 4.78 is 5.84. The minimum atomic E-state index is -0.217. The smallest absolute Gasteiger partial charge is 0.222 e. The lowest BCUT2D eigenvalue weighted by molar-refractivity contribution is -0.123. The highest BCUT2D eigenvalue weighted by Gasteiger charge is 2.33. The predicted molar refractivity (Wildman–Crippen MR) is 72.9 cm³/mol. The van der Waals surface area contributed by atoms with E-state index in [2.05, 4.69) is 23.5 Å². The van der Waals surface area contributed by atoms with Crippen LogP contribution in [0.15, 0.2) is 18.2 Å². The fraction of sp³-hybridized carbons (Fsp3) is 0.533. The molecule has 4 heteroatoms. The highest BCUT2D eigenvalue weighted by molar-refractivity contribution is 5.78. The number of ether oxygens (including phenoxy) is 1. The van der Waals surface area contributed by atoms with E-state index >= 15 is 0 Å². The Hall–Kier alpha value is -1.55. The van der Waals surface area contributed by atoms with Gasteiger partial charge in [-0.1, -0.05) is 18.2 Å². The number of nitrogens with two attached hydrogens (primary N) is 1. The summed E-state index contributed by atoms with van der Waals surface area (Å²) in [5, 5.41) is 3.44. The SMILES string of the molecule is NC(=O)C1CCCNC1c1cccc2c1OCCC2. The predicted octanol–water partition coefficient (Wildman–Crippen LogP) is 1.54. The number of hydrogen-bond acceptors (Lipinski definition) is 3. The normalized spacial score (nSPS) is 26.3. The Morgan fingerprint density at radius 2 is 2.26 bits per heavy atom. The lowest BCUT2D eigenvalue weighted by Gasteiger charge is -2.33. The first-order valence-electron chi connectivity index (χ1n) is 7.04. The molecule has 0 spiro atoms. The molecule has 0 aromatic heterocycles. The zero-order valence-electron chi connectivity index (χ0n) is 11.0. The van der Waals surface area contributed by atoms with Crippen molar-refractivity contribution < 1.29 is 9.53 Å². The zero-order valence-corrected chi connectivity index (χ0v) is 11.0. The number of rotatable bonds is 2. The van der Waals surface area contributed by atoms with E-state index in [9.17, 15) is 4.79 Å². The van der Waals surface area contributed by atoms with E-state index in [1.165, 1.54) is 5.56 Å². The van der Waals surface area contributed by atoms with E-state index in [1.807, 2.05) is 0 Å². The molecule has 2 heterocycles. The summed E-state index contributed by atoms with van der Waals surface area (Å²) in [6.07, 6.45) is 3.97. The van der Waals surface area contributed by atoms with Crippen LogP contribution in [0, 0.1) is 5.92 Å². The molecular weight excluding hydrogens is 240 g/mol. The molecule has 2 unspecified atom stereocenters. The van der Waals surface area contributed by atoms with Crippen molar-refractivity contribution in [3.63, 3.8) is 0 Å². The van der Waals surface area contributed by atoms with Crippen LogP contribution < -0.4 is 15.8 Å². The number of para-hydroxylation sites is 1. The van der Waals surface area contributed by atoms with Crippen molar-refractivity contribution in [2.75, 3.05) is 13.2 Å². The molecule has 3 N–H and O–H groups in total. The van der Waals surface area contributed by atoms with Gasteiger partial charge < -0.3 is 15.8 Å². The number of carbonyl (C=O) groups is 1. The Morgan fingerprint density at radius 1 is 1.37 bits per heavy atom. The molecule has 19 heavy (non-hydrogen) atoms. The largest absolute Gasteiger partial charge is 0.493 e. The van der Waals surface area contributed by atoms with Gasteiger partial charge in [-0.15, -0.1) is 0 Å². The van der Waals surface area contributed by atoms with Gasteiger partial charge >= 0.3 is 0 Å². The van der Waals surface area contributed by atoms with Crippen LogP contribution in [-0.4, -0.2) is 19.1 Å². The van der Waals surface area contributed by atoms with Gasteiger partial charge in [0.05, 0.1) is 12.5 Å². The third kappa shape index (κ3) is 2.32. The maximum absolute atomic E-state index is 11.6. The van der Waals surface area contributed by atoms with Crippen molar-refractivity contribution in [1.82, 2.24) is 5.32 Å². The molecule has 0 saturated carbocycles. The zero-order chi connectivity index (χ0) is 13.2. The molecule has 1 amide bonds. The maximum atomic E-state index is 11.6. The topological polar surface area (TPSA) is 64.4 Å². The summed E-state index contributed by atoms with van der Waals surface area (Å²) in [5.41, 5.74) is 7.90. The van der Waals surface area contributed by atoms with E-state index in [0.29, 0.717) is 0 Å². The molecule has 102 valence electrons. The van der Waals surface area contributed by atoms with E-state index in [-0.39, 0.29) is 17.9 Å². The van der Waals surface area contributed by atoms with Crippen molar-refractivity contribution in [3.8, 4) is 5.75 Å². The van der Waals surface area contributed by atoms with Gasteiger partial charge in [-0.05, 0) is 37.8 Å². The number of aryl methyl sites for hydroxylation is 1. The van der Waals surface area contributed by atoms with Crippen LogP contribution in [0.3, 0.4) is 0 Å². The lowest BCUT2D eigenvalue weighted by Crippen LogP contribution is -2.41. The number of carbonyl (C=O) groups excluding carboxylic acids is 1. The van der Waals surface area contributed by atoms with Crippen LogP contribution in [0.2, 0.25) is 0 Å². The molecule has 0 aliphatic carbocycles. The van der Waals surface area contributed by atoms with E-state index in [1.54, 1.807) is 0 Å². The molecule has 2 atom stereocenters. The van der Waals surface area contributed by atoms with E-state index < -0.39 is 0 Å². The Labute approximate surface area is 113 Å². The Bertz CT molecular complexity index is 487. The van der Waals surface area contributed by atoms with Gasteiger partial charge in [-0.2, -0.15) is 0 Å². The molecule has 1 aromatic carbocycles. The van der Waals surface area contributed by atoms with Gasteiger partial charge in [0.1, 0.15) is 5.75 Å². The Balaban J connectivity index is 1.98. The van der Waals surface area contributed by atoms with Crippen molar-refractivity contribution in [1.29, 1.82) is 0 Å². The van der Waals surface area contributed by atoms with Crippen LogP contribution in [0.5, 0.6) is 5.75 Å². The summed E-state index contributed by atoms with van der Waals surface area (Å²) in [6, 6.07) is 6.22. The minimum Gasteiger partial charge on any atom is -0.493 e. The summed E-state index contributed by atoms with van der Waals surface area (Å²) in [4.78, 5) is 11.6. The van der Waals surface area contributed by atoms with Crippen LogP contribution in [0.25, 0.3) is 0 Å². The second kappa shape index (κ2) is 5.21. The summed E-state index contributed by atoms with van der Waals surface area (Å²) in [6.45, 7) is 1.69. The second-order valence-corrected chi connectivity index (χ2v) is 5.37. The number of primary amides is 1. The van der Waals surface area contributed by atoms with E-state index in [4.69, 9.17) is 10.5 Å². The fourth-order valence-electron chi connectivity index (χ4n) is 3.18. The van der Waals surface area contributed by atoms with Crippen LogP contribution in [0.1, 0.15) is 36.4 Å². The number of fused-ring (bicyclic) bond motifs is 1. The Morgan fingerprint density at radius 3 is 3.11 bits per heavy atom. The van der Waals surface area contributed by atoms with Crippen molar-refractivity contribution in [2.45, 2.75) is 31.7 Å². The van der Waals surface area contributed by atoms with Crippen molar-refractivity contribution >= 4 is 5.91 Å².